The maximum absolute atomic E-state index is 12.6. The van der Waals surface area contributed by atoms with E-state index < -0.39 is 0 Å². The number of piperazine rings is 1. The lowest BCUT2D eigenvalue weighted by Gasteiger charge is -2.35. The summed E-state index contributed by atoms with van der Waals surface area (Å²) < 4.78 is 5.29. The zero-order chi connectivity index (χ0) is 15.9. The van der Waals surface area contributed by atoms with Gasteiger partial charge in [0.05, 0.1) is 12.7 Å². The van der Waals surface area contributed by atoms with Crippen LogP contribution in [0.5, 0.6) is 5.75 Å². The van der Waals surface area contributed by atoms with Crippen molar-refractivity contribution in [3.8, 4) is 5.75 Å². The van der Waals surface area contributed by atoms with Crippen LogP contribution in [0.25, 0.3) is 0 Å². The Morgan fingerprint density at radius 1 is 1.18 bits per heavy atom. The molecule has 1 aromatic rings. The van der Waals surface area contributed by atoms with Gasteiger partial charge in [-0.15, -0.1) is 0 Å². The quantitative estimate of drug-likeness (QED) is 0.796. The molecule has 1 aliphatic rings. The van der Waals surface area contributed by atoms with E-state index in [2.05, 4.69) is 23.9 Å². The van der Waals surface area contributed by atoms with Crippen LogP contribution in [0.3, 0.4) is 0 Å². The minimum atomic E-state index is 0.0744. The second-order valence-corrected chi connectivity index (χ2v) is 5.99. The summed E-state index contributed by atoms with van der Waals surface area (Å²) in [5.74, 6) is 0.728. The second-order valence-electron chi connectivity index (χ2n) is 5.99. The molecule has 22 heavy (non-hydrogen) atoms. The number of amides is 1. The van der Waals surface area contributed by atoms with E-state index in [0.29, 0.717) is 11.3 Å². The number of carbonyl (C=O) groups is 1. The lowest BCUT2D eigenvalue weighted by molar-refractivity contribution is 0.0630. The van der Waals surface area contributed by atoms with Gasteiger partial charge in [-0.3, -0.25) is 9.69 Å². The largest absolute Gasteiger partial charge is 0.496 e. The minimum absolute atomic E-state index is 0.0744. The molecule has 1 saturated heterocycles. The van der Waals surface area contributed by atoms with Crippen LogP contribution >= 0.6 is 0 Å². The molecule has 122 valence electrons. The van der Waals surface area contributed by atoms with Gasteiger partial charge < -0.3 is 14.5 Å². The molecule has 0 atom stereocenters. The van der Waals surface area contributed by atoms with Crippen molar-refractivity contribution in [2.24, 2.45) is 0 Å². The maximum atomic E-state index is 12.6. The Hall–Kier alpha value is -1.59. The highest BCUT2D eigenvalue weighted by atomic mass is 16.5. The SMILES string of the molecule is COc1ccccc1C(=O)N1CCN(CCCN(C)C)CC1. The van der Waals surface area contributed by atoms with Crippen molar-refractivity contribution < 1.29 is 9.53 Å². The number of para-hydroxylation sites is 1. The van der Waals surface area contributed by atoms with Gasteiger partial charge in [-0.25, -0.2) is 0 Å². The van der Waals surface area contributed by atoms with Crippen LogP contribution in [0, 0.1) is 0 Å². The summed E-state index contributed by atoms with van der Waals surface area (Å²) in [5.41, 5.74) is 0.658. The average Bonchev–Trinajstić information content (AvgIpc) is 2.54. The van der Waals surface area contributed by atoms with E-state index in [9.17, 15) is 4.79 Å². The molecule has 5 heteroatoms. The van der Waals surface area contributed by atoms with Gasteiger partial charge in [-0.05, 0) is 45.7 Å². The van der Waals surface area contributed by atoms with Crippen molar-refractivity contribution in [2.45, 2.75) is 6.42 Å². The maximum Gasteiger partial charge on any atom is 0.257 e. The van der Waals surface area contributed by atoms with Crippen LogP contribution in [-0.2, 0) is 0 Å². The minimum Gasteiger partial charge on any atom is -0.496 e. The highest BCUT2D eigenvalue weighted by Gasteiger charge is 2.23. The number of methoxy groups -OCH3 is 1. The van der Waals surface area contributed by atoms with Crippen molar-refractivity contribution in [2.75, 3.05) is 60.5 Å². The Labute approximate surface area is 133 Å². The van der Waals surface area contributed by atoms with Gasteiger partial charge in [0.15, 0.2) is 0 Å². The molecule has 0 aliphatic carbocycles. The monoisotopic (exact) mass is 305 g/mol. The van der Waals surface area contributed by atoms with Gasteiger partial charge >= 0.3 is 0 Å². The molecule has 0 spiro atoms. The van der Waals surface area contributed by atoms with Crippen LogP contribution in [0.4, 0.5) is 0 Å². The van der Waals surface area contributed by atoms with Gasteiger partial charge in [-0.2, -0.15) is 0 Å². The van der Waals surface area contributed by atoms with Crippen molar-refractivity contribution in [3.05, 3.63) is 29.8 Å². The Morgan fingerprint density at radius 3 is 2.50 bits per heavy atom. The zero-order valence-corrected chi connectivity index (χ0v) is 13.9. The Morgan fingerprint density at radius 2 is 1.86 bits per heavy atom. The summed E-state index contributed by atoms with van der Waals surface area (Å²) in [4.78, 5) is 19.2. The fourth-order valence-electron chi connectivity index (χ4n) is 2.78. The highest BCUT2D eigenvalue weighted by molar-refractivity contribution is 5.97. The van der Waals surface area contributed by atoms with E-state index in [1.165, 1.54) is 6.42 Å². The molecule has 1 aliphatic heterocycles. The molecule has 2 rings (SSSR count). The number of rotatable bonds is 6. The first-order chi connectivity index (χ1) is 10.6. The van der Waals surface area contributed by atoms with Gasteiger partial charge in [-0.1, -0.05) is 12.1 Å². The van der Waals surface area contributed by atoms with Crippen LogP contribution in [0.2, 0.25) is 0 Å². The van der Waals surface area contributed by atoms with Crippen molar-refractivity contribution in [3.63, 3.8) is 0 Å². The van der Waals surface area contributed by atoms with Crippen LogP contribution in [-0.4, -0.2) is 81.1 Å². The number of hydrogen-bond donors (Lipinski definition) is 0. The smallest absolute Gasteiger partial charge is 0.257 e. The summed E-state index contributed by atoms with van der Waals surface area (Å²) in [6.07, 6.45) is 1.17. The third-order valence-corrected chi connectivity index (χ3v) is 4.08. The summed E-state index contributed by atoms with van der Waals surface area (Å²) in [5, 5.41) is 0. The molecular formula is C17H27N3O2. The first-order valence-corrected chi connectivity index (χ1v) is 7.91. The summed E-state index contributed by atoms with van der Waals surface area (Å²) in [6.45, 7) is 5.70. The first-order valence-electron chi connectivity index (χ1n) is 7.91. The third kappa shape index (κ3) is 4.45. The average molecular weight is 305 g/mol. The molecule has 0 aromatic heterocycles. The van der Waals surface area contributed by atoms with E-state index in [-0.39, 0.29) is 5.91 Å². The molecule has 0 N–H and O–H groups in total. The van der Waals surface area contributed by atoms with Crippen molar-refractivity contribution in [1.82, 2.24) is 14.7 Å². The first kappa shape index (κ1) is 16.8. The second kappa shape index (κ2) is 8.15. The molecule has 0 bridgehead atoms. The van der Waals surface area contributed by atoms with E-state index in [0.717, 1.165) is 39.3 Å². The summed E-state index contributed by atoms with van der Waals surface area (Å²) in [7, 11) is 5.81. The number of ether oxygens (including phenoxy) is 1. The molecule has 1 aromatic carbocycles. The van der Waals surface area contributed by atoms with E-state index >= 15 is 0 Å². The number of nitrogens with zero attached hydrogens (tertiary/aromatic N) is 3. The molecule has 0 unspecified atom stereocenters. The third-order valence-electron chi connectivity index (χ3n) is 4.08. The molecule has 0 radical (unpaired) electrons. The number of hydrogen-bond acceptors (Lipinski definition) is 4. The highest BCUT2D eigenvalue weighted by Crippen LogP contribution is 2.20. The Bertz CT molecular complexity index is 483. The van der Waals surface area contributed by atoms with Gasteiger partial charge in [0.1, 0.15) is 5.75 Å². The van der Waals surface area contributed by atoms with Gasteiger partial charge in [0, 0.05) is 26.2 Å². The van der Waals surface area contributed by atoms with Crippen molar-refractivity contribution in [1.29, 1.82) is 0 Å². The fourth-order valence-corrected chi connectivity index (χ4v) is 2.78. The fraction of sp³-hybridized carbons (Fsp3) is 0.588. The van der Waals surface area contributed by atoms with Crippen LogP contribution in [0.1, 0.15) is 16.8 Å². The molecule has 0 saturated carbocycles. The van der Waals surface area contributed by atoms with E-state index in [4.69, 9.17) is 4.74 Å². The zero-order valence-electron chi connectivity index (χ0n) is 13.9. The van der Waals surface area contributed by atoms with Gasteiger partial charge in [0.2, 0.25) is 0 Å². The normalized spacial score (nSPS) is 16.1. The predicted molar refractivity (Wildman–Crippen MR) is 88.5 cm³/mol. The lowest BCUT2D eigenvalue weighted by atomic mass is 10.1. The Balaban J connectivity index is 1.85. The van der Waals surface area contributed by atoms with Crippen LogP contribution < -0.4 is 4.74 Å². The lowest BCUT2D eigenvalue weighted by Crippen LogP contribution is -2.49. The molecule has 1 amide bonds. The van der Waals surface area contributed by atoms with E-state index in [1.54, 1.807) is 7.11 Å². The van der Waals surface area contributed by atoms with Crippen LogP contribution in [0.15, 0.2) is 24.3 Å². The Kier molecular flexibility index (Phi) is 6.21. The summed E-state index contributed by atoms with van der Waals surface area (Å²) in [6, 6.07) is 7.45. The topological polar surface area (TPSA) is 36.0 Å². The number of carbonyl (C=O) groups excluding carboxylic acids is 1. The van der Waals surface area contributed by atoms with Gasteiger partial charge in [0.25, 0.3) is 5.91 Å². The predicted octanol–water partition coefficient (Wildman–Crippen LogP) is 1.40. The molecule has 5 nitrogen and oxygen atoms in total. The molecule has 1 heterocycles. The summed E-state index contributed by atoms with van der Waals surface area (Å²) >= 11 is 0. The van der Waals surface area contributed by atoms with Crippen molar-refractivity contribution >= 4 is 5.91 Å². The number of benzene rings is 1. The van der Waals surface area contributed by atoms with E-state index in [1.807, 2.05) is 29.2 Å². The molecule has 1 fully saturated rings. The standard InChI is InChI=1S/C17H27N3O2/c1-18(2)9-6-10-19-11-13-20(14-12-19)17(21)15-7-4-5-8-16(15)22-3/h4-5,7-8H,6,9-14H2,1-3H3. The molecular weight excluding hydrogens is 278 g/mol.